The molecule has 0 saturated carbocycles. The monoisotopic (exact) mass is 351 g/mol. The molecular weight excluding hydrogens is 314 g/mol. The molecule has 24 heavy (non-hydrogen) atoms. The van der Waals surface area contributed by atoms with Gasteiger partial charge in [-0.2, -0.15) is 0 Å². The minimum absolute atomic E-state index is 0.199. The van der Waals surface area contributed by atoms with Crippen LogP contribution in [0.1, 0.15) is 100 Å². The third-order valence-electron chi connectivity index (χ3n) is 4.73. The summed E-state index contributed by atoms with van der Waals surface area (Å²) < 4.78 is 0. The molecule has 0 radical (unpaired) electrons. The van der Waals surface area contributed by atoms with E-state index in [0.29, 0.717) is 6.42 Å². The summed E-state index contributed by atoms with van der Waals surface area (Å²) >= 11 is 1.74. The molecule has 0 fully saturated rings. The fraction of sp³-hybridized carbons (Fsp3) is 0.762. The number of carbonyl (C=O) groups excluding carboxylic acids is 1. The number of unbranched alkanes of at least 4 members (excludes halogenated alkanes) is 9. The first-order chi connectivity index (χ1) is 11.7. The van der Waals surface area contributed by atoms with E-state index >= 15 is 0 Å². The van der Waals surface area contributed by atoms with Crippen LogP contribution in [0.25, 0.3) is 0 Å². The van der Waals surface area contributed by atoms with Crippen molar-refractivity contribution in [1.82, 2.24) is 0 Å². The van der Waals surface area contributed by atoms with Crippen LogP contribution in [0.4, 0.5) is 0 Å². The lowest BCUT2D eigenvalue weighted by molar-refractivity contribution is -0.117. The summed E-state index contributed by atoms with van der Waals surface area (Å²) in [5.74, 6) is -0.199. The second-order valence-corrected chi connectivity index (χ2v) is 7.95. The molecule has 0 aliphatic heterocycles. The Bertz CT molecular complexity index is 453. The average Bonchev–Trinajstić information content (AvgIpc) is 2.92. The Morgan fingerprint density at radius 1 is 0.875 bits per heavy atom. The SMILES string of the molecule is CCCCCCCCc1c(CCCCCCC)csc1CC(N)=O. The van der Waals surface area contributed by atoms with E-state index < -0.39 is 0 Å². The molecule has 0 bridgehead atoms. The first kappa shape index (κ1) is 21.2. The zero-order valence-corrected chi connectivity index (χ0v) is 16.7. The molecule has 138 valence electrons. The van der Waals surface area contributed by atoms with Crippen molar-refractivity contribution in [3.05, 3.63) is 21.4 Å². The van der Waals surface area contributed by atoms with E-state index in [0.717, 1.165) is 6.42 Å². The predicted octanol–water partition coefficient (Wildman–Crippen LogP) is 6.19. The lowest BCUT2D eigenvalue weighted by Crippen LogP contribution is -2.14. The molecule has 0 aromatic carbocycles. The minimum Gasteiger partial charge on any atom is -0.369 e. The van der Waals surface area contributed by atoms with Crippen molar-refractivity contribution in [1.29, 1.82) is 0 Å². The van der Waals surface area contributed by atoms with Crippen molar-refractivity contribution < 1.29 is 4.79 Å². The van der Waals surface area contributed by atoms with E-state index in [9.17, 15) is 4.79 Å². The van der Waals surface area contributed by atoms with Gasteiger partial charge in [0.25, 0.3) is 0 Å². The first-order valence-electron chi connectivity index (χ1n) is 10.0. The van der Waals surface area contributed by atoms with E-state index in [1.54, 1.807) is 11.3 Å². The van der Waals surface area contributed by atoms with Gasteiger partial charge < -0.3 is 5.73 Å². The van der Waals surface area contributed by atoms with E-state index in [1.165, 1.54) is 93.1 Å². The quantitative estimate of drug-likeness (QED) is 0.376. The molecule has 0 spiro atoms. The van der Waals surface area contributed by atoms with Crippen LogP contribution in [-0.2, 0) is 24.1 Å². The number of nitrogens with two attached hydrogens (primary N) is 1. The molecule has 0 saturated heterocycles. The van der Waals surface area contributed by atoms with Crippen molar-refractivity contribution in [2.75, 3.05) is 0 Å². The van der Waals surface area contributed by atoms with Gasteiger partial charge in [-0.3, -0.25) is 4.79 Å². The Kier molecular flexibility index (Phi) is 11.9. The van der Waals surface area contributed by atoms with Crippen molar-refractivity contribution >= 4 is 17.2 Å². The molecule has 0 aliphatic carbocycles. The first-order valence-corrected chi connectivity index (χ1v) is 10.9. The summed E-state index contributed by atoms with van der Waals surface area (Å²) in [6.07, 6.45) is 17.2. The van der Waals surface area contributed by atoms with E-state index in [4.69, 9.17) is 5.73 Å². The number of amides is 1. The fourth-order valence-corrected chi connectivity index (χ4v) is 4.43. The van der Waals surface area contributed by atoms with Gasteiger partial charge in [-0.05, 0) is 42.2 Å². The smallest absolute Gasteiger partial charge is 0.222 e. The highest BCUT2D eigenvalue weighted by Gasteiger charge is 2.13. The zero-order valence-electron chi connectivity index (χ0n) is 15.9. The lowest BCUT2D eigenvalue weighted by Gasteiger charge is -2.08. The Hall–Kier alpha value is -0.830. The molecule has 2 nitrogen and oxygen atoms in total. The van der Waals surface area contributed by atoms with Gasteiger partial charge in [0.15, 0.2) is 0 Å². The highest BCUT2D eigenvalue weighted by molar-refractivity contribution is 7.10. The zero-order chi connectivity index (χ0) is 17.6. The van der Waals surface area contributed by atoms with Crippen LogP contribution in [0.3, 0.4) is 0 Å². The molecule has 3 heteroatoms. The number of primary amides is 1. The van der Waals surface area contributed by atoms with Crippen molar-refractivity contribution in [3.8, 4) is 0 Å². The second kappa shape index (κ2) is 13.5. The molecular formula is C21H37NOS. The average molecular weight is 352 g/mol. The van der Waals surface area contributed by atoms with E-state index in [-0.39, 0.29) is 5.91 Å². The Morgan fingerprint density at radius 2 is 1.42 bits per heavy atom. The molecule has 1 amide bonds. The Balaban J connectivity index is 2.49. The summed E-state index contributed by atoms with van der Waals surface area (Å²) in [7, 11) is 0. The number of carbonyl (C=O) groups is 1. The normalized spacial score (nSPS) is 11.1. The van der Waals surface area contributed by atoms with Crippen LogP contribution < -0.4 is 5.73 Å². The lowest BCUT2D eigenvalue weighted by atomic mass is 9.97. The third-order valence-corrected chi connectivity index (χ3v) is 5.81. The largest absolute Gasteiger partial charge is 0.369 e. The number of rotatable bonds is 15. The van der Waals surface area contributed by atoms with Gasteiger partial charge in [-0.15, -0.1) is 11.3 Å². The second-order valence-electron chi connectivity index (χ2n) is 6.99. The molecule has 0 unspecified atom stereocenters. The molecule has 1 aromatic rings. The summed E-state index contributed by atoms with van der Waals surface area (Å²) in [6.45, 7) is 4.52. The maximum Gasteiger partial charge on any atom is 0.222 e. The fourth-order valence-electron chi connectivity index (χ4n) is 3.28. The predicted molar refractivity (Wildman–Crippen MR) is 107 cm³/mol. The number of hydrogen-bond donors (Lipinski definition) is 1. The van der Waals surface area contributed by atoms with E-state index in [2.05, 4.69) is 19.2 Å². The van der Waals surface area contributed by atoms with Gasteiger partial charge in [-0.25, -0.2) is 0 Å². The summed E-state index contributed by atoms with van der Waals surface area (Å²) in [5.41, 5.74) is 8.37. The van der Waals surface area contributed by atoms with Crippen LogP contribution in [0.5, 0.6) is 0 Å². The van der Waals surface area contributed by atoms with Gasteiger partial charge in [0.05, 0.1) is 6.42 Å². The molecule has 0 atom stereocenters. The summed E-state index contributed by atoms with van der Waals surface area (Å²) in [5, 5.41) is 2.28. The van der Waals surface area contributed by atoms with Crippen molar-refractivity contribution in [2.24, 2.45) is 5.73 Å². The number of thiophene rings is 1. The molecule has 1 aromatic heterocycles. The molecule has 2 N–H and O–H groups in total. The Morgan fingerprint density at radius 3 is 2.00 bits per heavy atom. The molecule has 1 rings (SSSR count). The molecule has 1 heterocycles. The van der Waals surface area contributed by atoms with Crippen LogP contribution in [0, 0.1) is 0 Å². The third kappa shape index (κ3) is 8.86. The summed E-state index contributed by atoms with van der Waals surface area (Å²) in [4.78, 5) is 12.6. The standard InChI is InChI=1S/C21H37NOS/c1-3-5-7-9-11-13-15-19-18(14-12-10-8-6-4-2)17-24-20(19)16-21(22)23/h17H,3-16H2,1-2H3,(H2,22,23). The van der Waals surface area contributed by atoms with Crippen molar-refractivity contribution in [3.63, 3.8) is 0 Å². The highest BCUT2D eigenvalue weighted by atomic mass is 32.1. The Labute approximate surface area is 153 Å². The van der Waals surface area contributed by atoms with Gasteiger partial charge >= 0.3 is 0 Å². The van der Waals surface area contributed by atoms with E-state index in [1.807, 2.05) is 0 Å². The number of aryl methyl sites for hydroxylation is 1. The number of hydrogen-bond acceptors (Lipinski definition) is 2. The van der Waals surface area contributed by atoms with Crippen LogP contribution in [0.2, 0.25) is 0 Å². The molecule has 0 aliphatic rings. The van der Waals surface area contributed by atoms with Crippen molar-refractivity contribution in [2.45, 2.75) is 104 Å². The maximum atomic E-state index is 11.3. The van der Waals surface area contributed by atoms with Crippen LogP contribution in [0.15, 0.2) is 5.38 Å². The highest BCUT2D eigenvalue weighted by Crippen LogP contribution is 2.27. The van der Waals surface area contributed by atoms with Gasteiger partial charge in [0.2, 0.25) is 5.91 Å². The maximum absolute atomic E-state index is 11.3. The van der Waals surface area contributed by atoms with Gasteiger partial charge in [0.1, 0.15) is 0 Å². The van der Waals surface area contributed by atoms with Crippen LogP contribution >= 0.6 is 11.3 Å². The van der Waals surface area contributed by atoms with Crippen LogP contribution in [-0.4, -0.2) is 5.91 Å². The summed E-state index contributed by atoms with van der Waals surface area (Å²) in [6, 6.07) is 0. The van der Waals surface area contributed by atoms with Gasteiger partial charge in [-0.1, -0.05) is 71.6 Å². The minimum atomic E-state index is -0.199. The van der Waals surface area contributed by atoms with Gasteiger partial charge in [0, 0.05) is 4.88 Å². The topological polar surface area (TPSA) is 43.1 Å².